The van der Waals surface area contributed by atoms with Crippen LogP contribution in [-0.4, -0.2) is 29.5 Å². The van der Waals surface area contributed by atoms with Crippen LogP contribution in [-0.2, 0) is 16.6 Å². The Labute approximate surface area is 119 Å². The highest BCUT2D eigenvalue weighted by Crippen LogP contribution is 2.20. The molecule has 0 bridgehead atoms. The van der Waals surface area contributed by atoms with Gasteiger partial charge in [-0.25, -0.2) is 22.9 Å². The van der Waals surface area contributed by atoms with E-state index in [9.17, 15) is 13.2 Å². The zero-order chi connectivity index (χ0) is 14.8. The Morgan fingerprint density at radius 1 is 1.45 bits per heavy atom. The summed E-state index contributed by atoms with van der Waals surface area (Å²) in [6.45, 7) is -0.00632. The topological polar surface area (TPSA) is 112 Å². The van der Waals surface area contributed by atoms with Crippen molar-refractivity contribution in [2.75, 3.05) is 0 Å². The summed E-state index contributed by atoms with van der Waals surface area (Å²) in [4.78, 5) is 17.3. The van der Waals surface area contributed by atoms with Crippen LogP contribution in [0.5, 0.6) is 0 Å². The first kappa shape index (κ1) is 14.5. The van der Waals surface area contributed by atoms with E-state index in [1.54, 1.807) is 6.20 Å². The number of hydrogen-bond donors (Lipinski definition) is 3. The summed E-state index contributed by atoms with van der Waals surface area (Å²) in [5.74, 6) is -0.760. The van der Waals surface area contributed by atoms with Crippen molar-refractivity contribution >= 4 is 27.6 Å². The molecule has 0 atom stereocenters. The molecule has 0 fully saturated rings. The number of sulfonamides is 1. The van der Waals surface area contributed by atoms with E-state index in [-0.39, 0.29) is 22.0 Å². The van der Waals surface area contributed by atoms with Crippen molar-refractivity contribution in [1.82, 2.24) is 14.7 Å². The fourth-order valence-corrected chi connectivity index (χ4v) is 2.82. The van der Waals surface area contributed by atoms with E-state index < -0.39 is 16.0 Å². The highest BCUT2D eigenvalue weighted by Gasteiger charge is 2.17. The van der Waals surface area contributed by atoms with Crippen LogP contribution in [0.25, 0.3) is 0 Å². The second-order valence-electron chi connectivity index (χ2n) is 3.81. The lowest BCUT2D eigenvalue weighted by Crippen LogP contribution is -2.24. The molecule has 0 radical (unpaired) electrons. The van der Waals surface area contributed by atoms with Gasteiger partial charge in [0.15, 0.2) is 0 Å². The number of benzene rings is 1. The molecule has 0 aliphatic heterocycles. The number of aromatic nitrogens is 2. The Balaban J connectivity index is 2.21. The lowest BCUT2D eigenvalue weighted by Gasteiger charge is -2.07. The zero-order valence-corrected chi connectivity index (χ0v) is 11.6. The van der Waals surface area contributed by atoms with E-state index in [4.69, 9.17) is 16.7 Å². The molecule has 9 heteroatoms. The number of imidazole rings is 1. The van der Waals surface area contributed by atoms with Gasteiger partial charge in [-0.15, -0.1) is 0 Å². The van der Waals surface area contributed by atoms with Gasteiger partial charge in [-0.1, -0.05) is 11.6 Å². The quantitative estimate of drug-likeness (QED) is 0.768. The molecule has 3 N–H and O–H groups in total. The predicted octanol–water partition coefficient (Wildman–Crippen LogP) is 1.24. The minimum atomic E-state index is -3.79. The summed E-state index contributed by atoms with van der Waals surface area (Å²) in [6.07, 6.45) is 3.07. The number of H-pyrrole nitrogens is 1. The number of aromatic carboxylic acids is 1. The normalized spacial score (nSPS) is 11.4. The SMILES string of the molecule is O=C(O)c1ccc(S(=O)(=O)NCc2ncc[nH]2)cc1Cl. The molecular weight excluding hydrogens is 306 g/mol. The highest BCUT2D eigenvalue weighted by molar-refractivity contribution is 7.89. The molecule has 0 unspecified atom stereocenters. The van der Waals surface area contributed by atoms with E-state index in [2.05, 4.69) is 14.7 Å². The van der Waals surface area contributed by atoms with Crippen LogP contribution in [0.4, 0.5) is 0 Å². The fourth-order valence-electron chi connectivity index (χ4n) is 1.48. The number of hydrogen-bond acceptors (Lipinski definition) is 4. The molecule has 0 saturated heterocycles. The van der Waals surface area contributed by atoms with Gasteiger partial charge in [0.25, 0.3) is 0 Å². The average molecular weight is 316 g/mol. The van der Waals surface area contributed by atoms with Gasteiger partial charge >= 0.3 is 5.97 Å². The third-order valence-corrected chi connectivity index (χ3v) is 4.18. The molecule has 1 aromatic carbocycles. The summed E-state index contributed by atoms with van der Waals surface area (Å²) in [7, 11) is -3.79. The number of halogens is 1. The van der Waals surface area contributed by atoms with Crippen LogP contribution in [0.1, 0.15) is 16.2 Å². The Bertz CT molecular complexity index is 728. The molecule has 20 heavy (non-hydrogen) atoms. The molecule has 0 saturated carbocycles. The van der Waals surface area contributed by atoms with E-state index in [1.807, 2.05) is 0 Å². The first-order chi connectivity index (χ1) is 9.40. The van der Waals surface area contributed by atoms with E-state index in [0.29, 0.717) is 5.82 Å². The maximum Gasteiger partial charge on any atom is 0.337 e. The van der Waals surface area contributed by atoms with E-state index in [1.165, 1.54) is 12.3 Å². The standard InChI is InChI=1S/C11H10ClN3O4S/c12-9-5-7(1-2-8(9)11(16)17)20(18,19)15-6-10-13-3-4-14-10/h1-5,15H,6H2,(H,13,14)(H,16,17). The van der Waals surface area contributed by atoms with Gasteiger partial charge in [0.2, 0.25) is 10.0 Å². The molecule has 0 spiro atoms. The lowest BCUT2D eigenvalue weighted by atomic mass is 10.2. The van der Waals surface area contributed by atoms with Gasteiger partial charge in [0.1, 0.15) is 5.82 Å². The zero-order valence-electron chi connectivity index (χ0n) is 10.00. The molecule has 106 valence electrons. The average Bonchev–Trinajstić information content (AvgIpc) is 2.89. The molecule has 0 amide bonds. The number of aromatic amines is 1. The lowest BCUT2D eigenvalue weighted by molar-refractivity contribution is 0.0697. The van der Waals surface area contributed by atoms with Crippen molar-refractivity contribution in [3.8, 4) is 0 Å². The van der Waals surface area contributed by atoms with Crippen LogP contribution in [0.15, 0.2) is 35.5 Å². The van der Waals surface area contributed by atoms with Crippen molar-refractivity contribution in [3.05, 3.63) is 47.0 Å². The maximum absolute atomic E-state index is 12.0. The monoisotopic (exact) mass is 315 g/mol. The first-order valence-electron chi connectivity index (χ1n) is 5.41. The van der Waals surface area contributed by atoms with Crippen molar-refractivity contribution in [3.63, 3.8) is 0 Å². The van der Waals surface area contributed by atoms with E-state index in [0.717, 1.165) is 12.1 Å². The van der Waals surface area contributed by atoms with Crippen LogP contribution >= 0.6 is 11.6 Å². The Morgan fingerprint density at radius 3 is 2.75 bits per heavy atom. The highest BCUT2D eigenvalue weighted by atomic mass is 35.5. The summed E-state index contributed by atoms with van der Waals surface area (Å²) < 4.78 is 26.3. The Morgan fingerprint density at radius 2 is 2.20 bits per heavy atom. The van der Waals surface area contributed by atoms with Gasteiger partial charge in [0.05, 0.1) is 22.0 Å². The van der Waals surface area contributed by atoms with Crippen LogP contribution in [0.2, 0.25) is 5.02 Å². The second-order valence-corrected chi connectivity index (χ2v) is 5.98. The molecule has 0 aliphatic rings. The number of carbonyl (C=O) groups is 1. The van der Waals surface area contributed by atoms with Gasteiger partial charge in [-0.2, -0.15) is 0 Å². The second kappa shape index (κ2) is 5.61. The molecule has 2 rings (SSSR count). The minimum Gasteiger partial charge on any atom is -0.478 e. The molecule has 1 aromatic heterocycles. The van der Waals surface area contributed by atoms with Crippen LogP contribution in [0.3, 0.4) is 0 Å². The minimum absolute atomic E-state index is 0.00632. The summed E-state index contributed by atoms with van der Waals surface area (Å²) in [6, 6.07) is 3.42. The van der Waals surface area contributed by atoms with Crippen molar-refractivity contribution in [1.29, 1.82) is 0 Å². The smallest absolute Gasteiger partial charge is 0.337 e. The molecule has 2 aromatic rings. The Hall–Kier alpha value is -1.90. The number of nitrogens with one attached hydrogen (secondary N) is 2. The molecular formula is C11H10ClN3O4S. The fraction of sp³-hybridized carbons (Fsp3) is 0.0909. The van der Waals surface area contributed by atoms with Gasteiger partial charge in [-0.05, 0) is 18.2 Å². The summed E-state index contributed by atoms with van der Waals surface area (Å²) in [5, 5.41) is 8.69. The van der Waals surface area contributed by atoms with E-state index >= 15 is 0 Å². The van der Waals surface area contributed by atoms with Crippen molar-refractivity contribution in [2.45, 2.75) is 11.4 Å². The number of nitrogens with zero attached hydrogens (tertiary/aromatic N) is 1. The number of carboxylic acids is 1. The third kappa shape index (κ3) is 3.16. The Kier molecular flexibility index (Phi) is 4.07. The number of rotatable bonds is 5. The van der Waals surface area contributed by atoms with Gasteiger partial charge in [-0.3, -0.25) is 0 Å². The van der Waals surface area contributed by atoms with Gasteiger partial charge in [0, 0.05) is 12.4 Å². The maximum atomic E-state index is 12.0. The van der Waals surface area contributed by atoms with Crippen LogP contribution in [0, 0.1) is 0 Å². The summed E-state index contributed by atoms with van der Waals surface area (Å²) >= 11 is 5.74. The van der Waals surface area contributed by atoms with Gasteiger partial charge < -0.3 is 10.1 Å². The number of carboxylic acid groups (broad SMARTS) is 1. The summed E-state index contributed by atoms with van der Waals surface area (Å²) in [5.41, 5.74) is -0.156. The van der Waals surface area contributed by atoms with Crippen molar-refractivity contribution in [2.24, 2.45) is 0 Å². The largest absolute Gasteiger partial charge is 0.478 e. The van der Waals surface area contributed by atoms with Crippen molar-refractivity contribution < 1.29 is 18.3 Å². The molecule has 7 nitrogen and oxygen atoms in total. The third-order valence-electron chi connectivity index (χ3n) is 2.47. The predicted molar refractivity (Wildman–Crippen MR) is 71.0 cm³/mol. The first-order valence-corrected chi connectivity index (χ1v) is 7.27. The van der Waals surface area contributed by atoms with Crippen LogP contribution < -0.4 is 4.72 Å². The molecule has 0 aliphatic carbocycles. The molecule has 1 heterocycles.